The van der Waals surface area contributed by atoms with E-state index in [9.17, 15) is 13.2 Å². The fourth-order valence-electron chi connectivity index (χ4n) is 2.74. The maximum Gasteiger partial charge on any atom is 0.252 e. The van der Waals surface area contributed by atoms with Gasteiger partial charge in [0.25, 0.3) is 5.91 Å². The summed E-state index contributed by atoms with van der Waals surface area (Å²) in [6.45, 7) is 7.55. The van der Waals surface area contributed by atoms with Gasteiger partial charge in [0.05, 0.1) is 16.5 Å². The summed E-state index contributed by atoms with van der Waals surface area (Å²) in [4.78, 5) is 13.0. The highest BCUT2D eigenvalue weighted by Crippen LogP contribution is 2.25. The van der Waals surface area contributed by atoms with E-state index in [0.717, 1.165) is 5.56 Å². The molecule has 0 aliphatic carbocycles. The van der Waals surface area contributed by atoms with Crippen LogP contribution in [0, 0.1) is 5.92 Å². The molecule has 0 aliphatic heterocycles. The molecule has 0 fully saturated rings. The average Bonchev–Trinajstić information content (AvgIpc) is 2.59. The Balaban J connectivity index is 2.34. The fraction of sp³-hybridized carbons (Fsp3) is 0.350. The Bertz CT molecular complexity index is 897. The van der Waals surface area contributed by atoms with Gasteiger partial charge in [0.15, 0.2) is 0 Å². The van der Waals surface area contributed by atoms with E-state index < -0.39 is 10.0 Å². The van der Waals surface area contributed by atoms with E-state index in [1.54, 1.807) is 19.9 Å². The van der Waals surface area contributed by atoms with Crippen LogP contribution in [0.2, 0.25) is 0 Å². The molecular formula is C20H25BrN2O3S. The van der Waals surface area contributed by atoms with Gasteiger partial charge in [-0.1, -0.05) is 44.2 Å². The molecule has 0 aromatic heterocycles. The lowest BCUT2D eigenvalue weighted by Crippen LogP contribution is -2.33. The van der Waals surface area contributed by atoms with E-state index in [-0.39, 0.29) is 34.4 Å². The SMILES string of the molecule is CC(C)NS(=O)(=O)c1ccc(Br)c(C(=O)N[C@@H](c2ccccc2)C(C)C)c1. The summed E-state index contributed by atoms with van der Waals surface area (Å²) in [5.41, 5.74) is 1.28. The Morgan fingerprint density at radius 2 is 1.63 bits per heavy atom. The lowest BCUT2D eigenvalue weighted by atomic mass is 9.95. The molecule has 146 valence electrons. The van der Waals surface area contributed by atoms with Crippen LogP contribution in [0.5, 0.6) is 0 Å². The third-order valence-electron chi connectivity index (χ3n) is 4.00. The molecule has 27 heavy (non-hydrogen) atoms. The number of hydrogen-bond acceptors (Lipinski definition) is 3. The predicted octanol–water partition coefficient (Wildman–Crippen LogP) is 4.26. The molecule has 0 radical (unpaired) electrons. The highest BCUT2D eigenvalue weighted by Gasteiger charge is 2.23. The first-order valence-electron chi connectivity index (χ1n) is 8.79. The molecule has 0 aliphatic rings. The van der Waals surface area contributed by atoms with E-state index >= 15 is 0 Å². The van der Waals surface area contributed by atoms with Gasteiger partial charge in [-0.25, -0.2) is 13.1 Å². The van der Waals surface area contributed by atoms with Crippen molar-refractivity contribution >= 4 is 31.9 Å². The zero-order valence-electron chi connectivity index (χ0n) is 15.9. The van der Waals surface area contributed by atoms with Crippen molar-refractivity contribution in [1.82, 2.24) is 10.0 Å². The number of rotatable bonds is 7. The molecule has 7 heteroatoms. The summed E-state index contributed by atoms with van der Waals surface area (Å²) in [6, 6.07) is 13.7. The van der Waals surface area contributed by atoms with Crippen molar-refractivity contribution in [1.29, 1.82) is 0 Å². The Labute approximate surface area is 169 Å². The molecule has 0 bridgehead atoms. The molecule has 0 heterocycles. The van der Waals surface area contributed by atoms with Gasteiger partial charge >= 0.3 is 0 Å². The Hall–Kier alpha value is -1.70. The molecule has 0 saturated heterocycles. The summed E-state index contributed by atoms with van der Waals surface area (Å²) in [5.74, 6) is -0.157. The lowest BCUT2D eigenvalue weighted by molar-refractivity contribution is 0.0924. The van der Waals surface area contributed by atoms with Gasteiger partial charge in [-0.05, 0) is 59.5 Å². The second-order valence-corrected chi connectivity index (χ2v) is 9.59. The maximum atomic E-state index is 12.9. The number of carbonyl (C=O) groups excluding carboxylic acids is 1. The van der Waals surface area contributed by atoms with E-state index in [4.69, 9.17) is 0 Å². The van der Waals surface area contributed by atoms with Gasteiger partial charge in [-0.15, -0.1) is 0 Å². The van der Waals surface area contributed by atoms with Crippen LogP contribution in [0.15, 0.2) is 57.9 Å². The molecule has 0 saturated carbocycles. The topological polar surface area (TPSA) is 75.3 Å². The molecule has 2 aromatic carbocycles. The maximum absolute atomic E-state index is 12.9. The minimum atomic E-state index is -3.68. The fourth-order valence-corrected chi connectivity index (χ4v) is 4.44. The summed E-state index contributed by atoms with van der Waals surface area (Å²) < 4.78 is 27.9. The number of sulfonamides is 1. The van der Waals surface area contributed by atoms with Gasteiger partial charge in [0.1, 0.15) is 0 Å². The van der Waals surface area contributed by atoms with Gasteiger partial charge in [0, 0.05) is 10.5 Å². The van der Waals surface area contributed by atoms with Crippen molar-refractivity contribution in [3.63, 3.8) is 0 Å². The standard InChI is InChI=1S/C20H25BrN2O3S/c1-13(2)19(15-8-6-5-7-9-15)22-20(24)17-12-16(10-11-18(17)21)27(25,26)23-14(3)4/h5-14,19,23H,1-4H3,(H,22,24)/t19-/m1/s1. The number of nitrogens with one attached hydrogen (secondary N) is 2. The van der Waals surface area contributed by atoms with Crippen LogP contribution in [-0.4, -0.2) is 20.4 Å². The summed E-state index contributed by atoms with van der Waals surface area (Å²) in [6.07, 6.45) is 0. The van der Waals surface area contributed by atoms with Gasteiger partial charge < -0.3 is 5.32 Å². The van der Waals surface area contributed by atoms with Crippen LogP contribution >= 0.6 is 15.9 Å². The summed E-state index contributed by atoms with van der Waals surface area (Å²) >= 11 is 3.36. The van der Waals surface area contributed by atoms with Crippen LogP contribution in [0.3, 0.4) is 0 Å². The molecule has 2 N–H and O–H groups in total. The van der Waals surface area contributed by atoms with Crippen molar-refractivity contribution in [3.05, 3.63) is 64.1 Å². The van der Waals surface area contributed by atoms with Crippen LogP contribution in [0.1, 0.15) is 49.7 Å². The van der Waals surface area contributed by atoms with Crippen molar-refractivity contribution in [2.75, 3.05) is 0 Å². The average molecular weight is 453 g/mol. The number of benzene rings is 2. The van der Waals surface area contributed by atoms with E-state index in [1.165, 1.54) is 12.1 Å². The summed E-state index contributed by atoms with van der Waals surface area (Å²) in [7, 11) is -3.68. The molecular weight excluding hydrogens is 428 g/mol. The van der Waals surface area contributed by atoms with Crippen molar-refractivity contribution in [2.45, 2.75) is 44.7 Å². The second kappa shape index (κ2) is 8.99. The highest BCUT2D eigenvalue weighted by atomic mass is 79.9. The molecule has 1 amide bonds. The second-order valence-electron chi connectivity index (χ2n) is 7.02. The van der Waals surface area contributed by atoms with Crippen LogP contribution in [0.25, 0.3) is 0 Å². The number of amides is 1. The zero-order chi connectivity index (χ0) is 20.2. The van der Waals surface area contributed by atoms with Crippen LogP contribution in [-0.2, 0) is 10.0 Å². The predicted molar refractivity (Wildman–Crippen MR) is 111 cm³/mol. The first-order valence-corrected chi connectivity index (χ1v) is 11.1. The van der Waals surface area contributed by atoms with Crippen molar-refractivity contribution < 1.29 is 13.2 Å². The third-order valence-corrected chi connectivity index (χ3v) is 6.34. The van der Waals surface area contributed by atoms with Crippen LogP contribution in [0.4, 0.5) is 0 Å². The number of carbonyl (C=O) groups is 1. The Morgan fingerprint density at radius 3 is 2.19 bits per heavy atom. The largest absolute Gasteiger partial charge is 0.345 e. The quantitative estimate of drug-likeness (QED) is 0.658. The minimum Gasteiger partial charge on any atom is -0.345 e. The Morgan fingerprint density at radius 1 is 1.00 bits per heavy atom. The lowest BCUT2D eigenvalue weighted by Gasteiger charge is -2.23. The molecule has 0 spiro atoms. The molecule has 0 unspecified atom stereocenters. The van der Waals surface area contributed by atoms with E-state index in [2.05, 4.69) is 26.0 Å². The minimum absolute atomic E-state index is 0.0605. The number of hydrogen-bond donors (Lipinski definition) is 2. The van der Waals surface area contributed by atoms with E-state index in [0.29, 0.717) is 4.47 Å². The molecule has 2 aromatic rings. The van der Waals surface area contributed by atoms with Crippen LogP contribution < -0.4 is 10.0 Å². The number of halogens is 1. The van der Waals surface area contributed by atoms with Gasteiger partial charge in [0.2, 0.25) is 10.0 Å². The monoisotopic (exact) mass is 452 g/mol. The highest BCUT2D eigenvalue weighted by molar-refractivity contribution is 9.10. The zero-order valence-corrected chi connectivity index (χ0v) is 18.3. The van der Waals surface area contributed by atoms with Gasteiger partial charge in [-0.2, -0.15) is 0 Å². The molecule has 1 atom stereocenters. The normalized spacial score (nSPS) is 13.0. The Kier molecular flexibility index (Phi) is 7.19. The van der Waals surface area contributed by atoms with Crippen molar-refractivity contribution in [3.8, 4) is 0 Å². The summed E-state index contributed by atoms with van der Waals surface area (Å²) in [5, 5.41) is 3.03. The van der Waals surface area contributed by atoms with Gasteiger partial charge in [-0.3, -0.25) is 4.79 Å². The first-order chi connectivity index (χ1) is 12.6. The van der Waals surface area contributed by atoms with E-state index in [1.807, 2.05) is 44.2 Å². The third kappa shape index (κ3) is 5.64. The van der Waals surface area contributed by atoms with Crippen molar-refractivity contribution in [2.24, 2.45) is 5.92 Å². The molecule has 5 nitrogen and oxygen atoms in total. The molecule has 2 rings (SSSR count). The first kappa shape index (κ1) is 21.6. The smallest absolute Gasteiger partial charge is 0.252 e.